The van der Waals surface area contributed by atoms with Crippen molar-refractivity contribution in [1.82, 2.24) is 0 Å². The van der Waals surface area contributed by atoms with Gasteiger partial charge in [0, 0.05) is 14.2 Å². The second-order valence-corrected chi connectivity index (χ2v) is 6.96. The lowest BCUT2D eigenvalue weighted by atomic mass is 9.95. The first kappa shape index (κ1) is 14.1. The number of halogens is 2. The van der Waals surface area contributed by atoms with Gasteiger partial charge in [-0.3, -0.25) is 0 Å². The Kier molecular flexibility index (Phi) is 3.87. The summed E-state index contributed by atoms with van der Waals surface area (Å²) >= 11 is 11.3. The standard InChI is InChI=1S/C16H13BrClNS/c1-9-7-10(18)5-6-11(9)15(19)13-8-20-16-12(13)3-2-4-14(16)17/h2-8,15H,19H2,1H3. The van der Waals surface area contributed by atoms with E-state index in [9.17, 15) is 0 Å². The maximum atomic E-state index is 6.48. The predicted molar refractivity (Wildman–Crippen MR) is 91.7 cm³/mol. The van der Waals surface area contributed by atoms with E-state index >= 15 is 0 Å². The number of hydrogen-bond acceptors (Lipinski definition) is 2. The molecule has 4 heteroatoms. The molecule has 0 aliphatic rings. The van der Waals surface area contributed by atoms with E-state index in [0.29, 0.717) is 0 Å². The smallest absolute Gasteiger partial charge is 0.0568 e. The summed E-state index contributed by atoms with van der Waals surface area (Å²) in [4.78, 5) is 0. The van der Waals surface area contributed by atoms with Crippen LogP contribution in [0.25, 0.3) is 10.1 Å². The van der Waals surface area contributed by atoms with Crippen LogP contribution in [-0.2, 0) is 0 Å². The van der Waals surface area contributed by atoms with Gasteiger partial charge in [0.05, 0.1) is 6.04 Å². The summed E-state index contributed by atoms with van der Waals surface area (Å²) < 4.78 is 2.36. The molecule has 1 unspecified atom stereocenters. The van der Waals surface area contributed by atoms with E-state index in [1.807, 2.05) is 31.2 Å². The minimum absolute atomic E-state index is 0.129. The van der Waals surface area contributed by atoms with Crippen LogP contribution in [0.5, 0.6) is 0 Å². The largest absolute Gasteiger partial charge is 0.320 e. The number of nitrogens with two attached hydrogens (primary N) is 1. The first-order chi connectivity index (χ1) is 9.58. The van der Waals surface area contributed by atoms with Gasteiger partial charge in [0.15, 0.2) is 0 Å². The average Bonchev–Trinajstić information content (AvgIpc) is 2.83. The number of rotatable bonds is 2. The Morgan fingerprint density at radius 1 is 1.20 bits per heavy atom. The normalized spacial score (nSPS) is 12.8. The van der Waals surface area contributed by atoms with Crippen LogP contribution in [0.4, 0.5) is 0 Å². The van der Waals surface area contributed by atoms with Crippen LogP contribution < -0.4 is 5.73 Å². The highest BCUT2D eigenvalue weighted by atomic mass is 79.9. The van der Waals surface area contributed by atoms with Crippen LogP contribution in [0.2, 0.25) is 5.02 Å². The van der Waals surface area contributed by atoms with Crippen LogP contribution in [0, 0.1) is 6.92 Å². The number of fused-ring (bicyclic) bond motifs is 1. The van der Waals surface area contributed by atoms with Gasteiger partial charge in [0.2, 0.25) is 0 Å². The Hall–Kier alpha value is -0.870. The molecule has 20 heavy (non-hydrogen) atoms. The van der Waals surface area contributed by atoms with E-state index < -0.39 is 0 Å². The predicted octanol–water partition coefficient (Wildman–Crippen LogP) is 5.67. The van der Waals surface area contributed by atoms with Gasteiger partial charge >= 0.3 is 0 Å². The van der Waals surface area contributed by atoms with Crippen LogP contribution in [-0.4, -0.2) is 0 Å². The van der Waals surface area contributed by atoms with Crippen LogP contribution in [0.1, 0.15) is 22.7 Å². The number of hydrogen-bond donors (Lipinski definition) is 1. The molecule has 3 rings (SSSR count). The van der Waals surface area contributed by atoms with Crippen LogP contribution in [0.3, 0.4) is 0 Å². The molecule has 0 radical (unpaired) electrons. The van der Waals surface area contributed by atoms with Crippen LogP contribution in [0.15, 0.2) is 46.3 Å². The molecule has 0 bridgehead atoms. The molecule has 1 nitrogen and oxygen atoms in total. The molecule has 1 heterocycles. The topological polar surface area (TPSA) is 26.0 Å². The van der Waals surface area contributed by atoms with Crippen molar-refractivity contribution >= 4 is 49.0 Å². The lowest BCUT2D eigenvalue weighted by Gasteiger charge is -2.15. The van der Waals surface area contributed by atoms with Crippen molar-refractivity contribution in [2.24, 2.45) is 5.73 Å². The van der Waals surface area contributed by atoms with Crippen molar-refractivity contribution in [2.45, 2.75) is 13.0 Å². The molecule has 102 valence electrons. The third-order valence-corrected chi connectivity index (χ3v) is 5.69. The maximum absolute atomic E-state index is 6.48. The van der Waals surface area contributed by atoms with E-state index in [2.05, 4.69) is 33.4 Å². The van der Waals surface area contributed by atoms with E-state index in [4.69, 9.17) is 17.3 Å². The quantitative estimate of drug-likeness (QED) is 0.621. The lowest BCUT2D eigenvalue weighted by molar-refractivity contribution is 0.874. The minimum atomic E-state index is -0.129. The van der Waals surface area contributed by atoms with Crippen molar-refractivity contribution < 1.29 is 0 Å². The number of aryl methyl sites for hydroxylation is 1. The molecule has 3 aromatic rings. The van der Waals surface area contributed by atoms with Crippen molar-refractivity contribution in [3.63, 3.8) is 0 Å². The molecule has 0 aliphatic heterocycles. The summed E-state index contributed by atoms with van der Waals surface area (Å²) in [6.45, 7) is 2.05. The van der Waals surface area contributed by atoms with E-state index in [1.165, 1.54) is 10.1 Å². The zero-order chi connectivity index (χ0) is 14.3. The Morgan fingerprint density at radius 3 is 2.75 bits per heavy atom. The summed E-state index contributed by atoms with van der Waals surface area (Å²) in [6, 6.07) is 12.0. The third-order valence-electron chi connectivity index (χ3n) is 3.48. The maximum Gasteiger partial charge on any atom is 0.0568 e. The molecule has 0 amide bonds. The molecular weight excluding hydrogens is 354 g/mol. The Morgan fingerprint density at radius 2 is 2.00 bits per heavy atom. The minimum Gasteiger partial charge on any atom is -0.320 e. The van der Waals surface area contributed by atoms with Gasteiger partial charge in [-0.15, -0.1) is 11.3 Å². The highest BCUT2D eigenvalue weighted by Crippen LogP contribution is 2.37. The van der Waals surface area contributed by atoms with Crippen LogP contribution >= 0.6 is 38.9 Å². The molecule has 2 aromatic carbocycles. The van der Waals surface area contributed by atoms with Crippen molar-refractivity contribution in [3.8, 4) is 0 Å². The molecule has 0 spiro atoms. The number of benzene rings is 2. The highest BCUT2D eigenvalue weighted by Gasteiger charge is 2.16. The molecule has 0 aliphatic carbocycles. The van der Waals surface area contributed by atoms with Crippen molar-refractivity contribution in [1.29, 1.82) is 0 Å². The molecule has 1 atom stereocenters. The third kappa shape index (κ3) is 2.40. The van der Waals surface area contributed by atoms with Gasteiger partial charge in [-0.1, -0.05) is 29.8 Å². The van der Waals surface area contributed by atoms with E-state index in [0.717, 1.165) is 26.2 Å². The van der Waals surface area contributed by atoms with Crippen molar-refractivity contribution in [2.75, 3.05) is 0 Å². The summed E-state index contributed by atoms with van der Waals surface area (Å²) in [5.41, 5.74) is 9.88. The zero-order valence-corrected chi connectivity index (χ0v) is 14.0. The Balaban J connectivity index is 2.13. The second kappa shape index (κ2) is 5.49. The summed E-state index contributed by atoms with van der Waals surface area (Å²) in [7, 11) is 0. The van der Waals surface area contributed by atoms with Gasteiger partial charge < -0.3 is 5.73 Å². The van der Waals surface area contributed by atoms with E-state index in [-0.39, 0.29) is 6.04 Å². The van der Waals surface area contributed by atoms with Gasteiger partial charge in [0.25, 0.3) is 0 Å². The second-order valence-electron chi connectivity index (χ2n) is 4.79. The van der Waals surface area contributed by atoms with Gasteiger partial charge in [-0.05, 0) is 68.5 Å². The van der Waals surface area contributed by atoms with Gasteiger partial charge in [-0.2, -0.15) is 0 Å². The lowest BCUT2D eigenvalue weighted by Crippen LogP contribution is -2.12. The first-order valence-electron chi connectivity index (χ1n) is 6.25. The van der Waals surface area contributed by atoms with Crippen molar-refractivity contribution in [3.05, 3.63) is 68.0 Å². The fraction of sp³-hybridized carbons (Fsp3) is 0.125. The molecule has 0 saturated carbocycles. The SMILES string of the molecule is Cc1cc(Cl)ccc1C(N)c1csc2c(Br)cccc12. The van der Waals surface area contributed by atoms with Gasteiger partial charge in [0.1, 0.15) is 0 Å². The Labute approximate surface area is 135 Å². The fourth-order valence-corrected chi connectivity index (χ4v) is 4.32. The Bertz CT molecular complexity index is 781. The zero-order valence-electron chi connectivity index (χ0n) is 10.9. The van der Waals surface area contributed by atoms with Gasteiger partial charge in [-0.25, -0.2) is 0 Å². The summed E-state index contributed by atoms with van der Waals surface area (Å²) in [6.07, 6.45) is 0. The molecule has 1 aromatic heterocycles. The monoisotopic (exact) mass is 365 g/mol. The first-order valence-corrected chi connectivity index (χ1v) is 8.30. The average molecular weight is 367 g/mol. The molecule has 0 saturated heterocycles. The summed E-state index contributed by atoms with van der Waals surface area (Å²) in [5, 5.41) is 4.11. The van der Waals surface area contributed by atoms with E-state index in [1.54, 1.807) is 11.3 Å². The number of thiophene rings is 1. The fourth-order valence-electron chi connectivity index (χ4n) is 2.44. The molecule has 0 fully saturated rings. The molecule has 2 N–H and O–H groups in total. The summed E-state index contributed by atoms with van der Waals surface area (Å²) in [5.74, 6) is 0. The molecular formula is C16H13BrClNS. The highest BCUT2D eigenvalue weighted by molar-refractivity contribution is 9.10.